The van der Waals surface area contributed by atoms with E-state index in [-0.39, 0.29) is 5.82 Å². The molecule has 2 rings (SSSR count). The van der Waals surface area contributed by atoms with Gasteiger partial charge < -0.3 is 10.1 Å². The molecular weight excluding hydrogens is 217 g/mol. The van der Waals surface area contributed by atoms with Gasteiger partial charge in [0.1, 0.15) is 5.82 Å². The van der Waals surface area contributed by atoms with Crippen molar-refractivity contribution in [3.05, 3.63) is 35.6 Å². The lowest BCUT2D eigenvalue weighted by atomic mass is 9.89. The molecule has 3 heteroatoms. The summed E-state index contributed by atoms with van der Waals surface area (Å²) in [7, 11) is 1.97. The lowest BCUT2D eigenvalue weighted by Gasteiger charge is -2.30. The molecule has 2 atom stereocenters. The van der Waals surface area contributed by atoms with Crippen LogP contribution in [0.1, 0.15) is 18.4 Å². The summed E-state index contributed by atoms with van der Waals surface area (Å²) < 4.78 is 18.6. The minimum absolute atomic E-state index is 0.155. The third-order valence-electron chi connectivity index (χ3n) is 3.48. The number of likely N-dealkylation sites (N-methyl/N-ethyl adjacent to an activating group) is 1. The molecule has 0 radical (unpaired) electrons. The van der Waals surface area contributed by atoms with Crippen molar-refractivity contribution in [2.45, 2.75) is 25.3 Å². The zero-order chi connectivity index (χ0) is 12.1. The molecule has 0 saturated carbocycles. The van der Waals surface area contributed by atoms with Crippen LogP contribution in [0, 0.1) is 11.7 Å². The third kappa shape index (κ3) is 3.51. The molecule has 1 N–H and O–H groups in total. The molecule has 2 unspecified atom stereocenters. The Morgan fingerprint density at radius 2 is 2.41 bits per heavy atom. The summed E-state index contributed by atoms with van der Waals surface area (Å²) in [6.45, 7) is 1.70. The zero-order valence-electron chi connectivity index (χ0n) is 10.3. The highest BCUT2D eigenvalue weighted by atomic mass is 19.1. The number of rotatable bonds is 4. The van der Waals surface area contributed by atoms with Gasteiger partial charge in [0.05, 0.1) is 6.61 Å². The van der Waals surface area contributed by atoms with Crippen LogP contribution in [-0.2, 0) is 11.2 Å². The van der Waals surface area contributed by atoms with Crippen molar-refractivity contribution in [3.8, 4) is 0 Å². The van der Waals surface area contributed by atoms with Crippen LogP contribution in [0.4, 0.5) is 4.39 Å². The van der Waals surface area contributed by atoms with Crippen LogP contribution in [0.25, 0.3) is 0 Å². The first-order chi connectivity index (χ1) is 8.29. The molecule has 1 aromatic carbocycles. The Labute approximate surface area is 102 Å². The number of ether oxygens (including phenoxy) is 1. The van der Waals surface area contributed by atoms with E-state index in [9.17, 15) is 4.39 Å². The monoisotopic (exact) mass is 237 g/mol. The summed E-state index contributed by atoms with van der Waals surface area (Å²) in [6.07, 6.45) is 3.19. The Kier molecular flexibility index (Phi) is 4.51. The van der Waals surface area contributed by atoms with Crippen molar-refractivity contribution in [1.82, 2.24) is 5.32 Å². The van der Waals surface area contributed by atoms with Gasteiger partial charge in [0.25, 0.3) is 0 Å². The molecule has 1 aliphatic heterocycles. The molecule has 94 valence electrons. The van der Waals surface area contributed by atoms with Gasteiger partial charge in [0, 0.05) is 12.6 Å². The molecule has 1 fully saturated rings. The van der Waals surface area contributed by atoms with Crippen LogP contribution < -0.4 is 5.32 Å². The van der Waals surface area contributed by atoms with Crippen molar-refractivity contribution >= 4 is 0 Å². The summed E-state index contributed by atoms with van der Waals surface area (Å²) >= 11 is 0. The molecule has 17 heavy (non-hydrogen) atoms. The Balaban J connectivity index is 1.98. The predicted octanol–water partition coefficient (Wildman–Crippen LogP) is 2.38. The number of hydrogen-bond donors (Lipinski definition) is 1. The van der Waals surface area contributed by atoms with Gasteiger partial charge in [0.2, 0.25) is 0 Å². The Hall–Kier alpha value is -0.930. The maximum atomic E-state index is 13.1. The molecule has 0 amide bonds. The van der Waals surface area contributed by atoms with E-state index in [0.29, 0.717) is 12.0 Å². The molecule has 1 aliphatic rings. The highest BCUT2D eigenvalue weighted by molar-refractivity contribution is 5.17. The van der Waals surface area contributed by atoms with E-state index in [1.165, 1.54) is 12.5 Å². The van der Waals surface area contributed by atoms with Crippen LogP contribution in [0.2, 0.25) is 0 Å². The first-order valence-electron chi connectivity index (χ1n) is 6.29. The van der Waals surface area contributed by atoms with Crippen LogP contribution in [0.15, 0.2) is 24.3 Å². The second-order valence-electron chi connectivity index (χ2n) is 4.71. The molecule has 1 saturated heterocycles. The number of halogens is 1. The van der Waals surface area contributed by atoms with E-state index in [2.05, 4.69) is 5.32 Å². The van der Waals surface area contributed by atoms with E-state index in [0.717, 1.165) is 31.6 Å². The fourth-order valence-electron chi connectivity index (χ4n) is 2.51. The minimum Gasteiger partial charge on any atom is -0.381 e. The smallest absolute Gasteiger partial charge is 0.123 e. The normalized spacial score (nSPS) is 22.4. The second-order valence-corrected chi connectivity index (χ2v) is 4.71. The number of hydrogen-bond acceptors (Lipinski definition) is 2. The topological polar surface area (TPSA) is 21.3 Å². The third-order valence-corrected chi connectivity index (χ3v) is 3.48. The summed E-state index contributed by atoms with van der Waals surface area (Å²) in [6, 6.07) is 7.23. The second kappa shape index (κ2) is 6.12. The zero-order valence-corrected chi connectivity index (χ0v) is 10.3. The van der Waals surface area contributed by atoms with Crippen LogP contribution >= 0.6 is 0 Å². The van der Waals surface area contributed by atoms with E-state index in [4.69, 9.17) is 4.74 Å². The molecule has 2 nitrogen and oxygen atoms in total. The van der Waals surface area contributed by atoms with E-state index in [1.54, 1.807) is 12.1 Å². The average molecular weight is 237 g/mol. The van der Waals surface area contributed by atoms with E-state index >= 15 is 0 Å². The average Bonchev–Trinajstić information content (AvgIpc) is 2.37. The molecule has 0 bridgehead atoms. The Morgan fingerprint density at radius 1 is 1.53 bits per heavy atom. The molecule has 0 aliphatic carbocycles. The van der Waals surface area contributed by atoms with Crippen molar-refractivity contribution in [2.75, 3.05) is 20.3 Å². The fourth-order valence-corrected chi connectivity index (χ4v) is 2.51. The van der Waals surface area contributed by atoms with E-state index < -0.39 is 0 Å². The highest BCUT2D eigenvalue weighted by Crippen LogP contribution is 2.20. The maximum absolute atomic E-state index is 13.1. The summed E-state index contributed by atoms with van der Waals surface area (Å²) in [5.41, 5.74) is 1.05. The Morgan fingerprint density at radius 3 is 3.06 bits per heavy atom. The van der Waals surface area contributed by atoms with Gasteiger partial charge in [-0.05, 0) is 49.9 Å². The number of nitrogens with one attached hydrogen (secondary N) is 1. The van der Waals surface area contributed by atoms with Crippen molar-refractivity contribution < 1.29 is 9.13 Å². The predicted molar refractivity (Wildman–Crippen MR) is 66.5 cm³/mol. The molecular formula is C14H20FNO. The van der Waals surface area contributed by atoms with Crippen molar-refractivity contribution in [2.24, 2.45) is 5.92 Å². The van der Waals surface area contributed by atoms with Gasteiger partial charge >= 0.3 is 0 Å². The summed E-state index contributed by atoms with van der Waals surface area (Å²) in [5, 5.41) is 3.34. The summed E-state index contributed by atoms with van der Waals surface area (Å²) in [4.78, 5) is 0. The van der Waals surface area contributed by atoms with Crippen LogP contribution in [0.5, 0.6) is 0 Å². The standard InChI is InChI=1S/C14H20FNO/c1-16-14(12-5-3-7-17-10-12)9-11-4-2-6-13(15)8-11/h2,4,6,8,12,14,16H,3,5,7,9-10H2,1H3. The van der Waals surface area contributed by atoms with Crippen LogP contribution in [0.3, 0.4) is 0 Å². The highest BCUT2D eigenvalue weighted by Gasteiger charge is 2.23. The first-order valence-corrected chi connectivity index (χ1v) is 6.29. The largest absolute Gasteiger partial charge is 0.381 e. The van der Waals surface area contributed by atoms with Crippen molar-refractivity contribution in [1.29, 1.82) is 0 Å². The minimum atomic E-state index is -0.155. The van der Waals surface area contributed by atoms with Gasteiger partial charge in [-0.1, -0.05) is 12.1 Å². The molecule has 0 aromatic heterocycles. The van der Waals surface area contributed by atoms with Gasteiger partial charge in [-0.25, -0.2) is 4.39 Å². The van der Waals surface area contributed by atoms with Crippen molar-refractivity contribution in [3.63, 3.8) is 0 Å². The maximum Gasteiger partial charge on any atom is 0.123 e. The van der Waals surface area contributed by atoms with Gasteiger partial charge in [-0.3, -0.25) is 0 Å². The lowest BCUT2D eigenvalue weighted by Crippen LogP contribution is -2.39. The fraction of sp³-hybridized carbons (Fsp3) is 0.571. The lowest BCUT2D eigenvalue weighted by molar-refractivity contribution is 0.0405. The van der Waals surface area contributed by atoms with Gasteiger partial charge in [0.15, 0.2) is 0 Å². The quantitative estimate of drug-likeness (QED) is 0.868. The van der Waals surface area contributed by atoms with Gasteiger partial charge in [-0.15, -0.1) is 0 Å². The Bertz CT molecular complexity index is 350. The van der Waals surface area contributed by atoms with Crippen LogP contribution in [-0.4, -0.2) is 26.3 Å². The van der Waals surface area contributed by atoms with E-state index in [1.807, 2.05) is 13.1 Å². The number of benzene rings is 1. The molecule has 1 aromatic rings. The van der Waals surface area contributed by atoms with Gasteiger partial charge in [-0.2, -0.15) is 0 Å². The molecule has 0 spiro atoms. The first kappa shape index (κ1) is 12.5. The SMILES string of the molecule is CNC(Cc1cccc(F)c1)C1CCCOC1. The molecule has 1 heterocycles. The summed E-state index contributed by atoms with van der Waals surface area (Å²) in [5.74, 6) is 0.384.